The van der Waals surface area contributed by atoms with Crippen LogP contribution < -0.4 is 0 Å². The molecule has 0 spiro atoms. The van der Waals surface area contributed by atoms with Crippen molar-refractivity contribution in [3.05, 3.63) is 54.3 Å². The number of aryl methyl sites for hydroxylation is 1. The maximum absolute atomic E-state index is 11.9. The fourth-order valence-electron chi connectivity index (χ4n) is 3.52. The van der Waals surface area contributed by atoms with Crippen LogP contribution in [0.1, 0.15) is 17.6 Å². The van der Waals surface area contributed by atoms with Crippen molar-refractivity contribution in [2.24, 2.45) is 7.05 Å². The molecular formula is C19H22N4O3. The standard InChI is InChI=1S/C19H22N4O3/c1-21-7-6-20-17(21)13-22-8-10-23(11-9-22)18(19(24)25)16-12-14-4-2-3-5-15(14)26-16/h2-7,12,18H,8-11,13H2,1H3,(H,24,25)/t18-/m1/s1. The third-order valence-corrected chi connectivity index (χ3v) is 5.01. The molecule has 0 bridgehead atoms. The topological polar surface area (TPSA) is 74.7 Å². The number of rotatable bonds is 5. The number of imidazole rings is 1. The Morgan fingerprint density at radius 1 is 1.27 bits per heavy atom. The number of hydrogen-bond acceptors (Lipinski definition) is 5. The molecule has 3 aromatic rings. The van der Waals surface area contributed by atoms with Crippen molar-refractivity contribution in [1.82, 2.24) is 19.4 Å². The molecule has 0 radical (unpaired) electrons. The minimum atomic E-state index is -0.874. The first-order valence-electron chi connectivity index (χ1n) is 8.76. The van der Waals surface area contributed by atoms with Gasteiger partial charge in [0.2, 0.25) is 0 Å². The lowest BCUT2D eigenvalue weighted by Crippen LogP contribution is -2.49. The molecule has 0 aliphatic carbocycles. The summed E-state index contributed by atoms with van der Waals surface area (Å²) >= 11 is 0. The molecule has 1 atom stereocenters. The maximum Gasteiger partial charge on any atom is 0.328 e. The number of para-hydroxylation sites is 1. The number of fused-ring (bicyclic) bond motifs is 1. The van der Waals surface area contributed by atoms with Crippen LogP contribution in [0.15, 0.2) is 47.1 Å². The van der Waals surface area contributed by atoms with Crippen LogP contribution in [0.3, 0.4) is 0 Å². The zero-order chi connectivity index (χ0) is 18.1. The first-order valence-corrected chi connectivity index (χ1v) is 8.76. The minimum absolute atomic E-state index is 0.497. The Morgan fingerprint density at radius 2 is 2.04 bits per heavy atom. The molecule has 0 unspecified atom stereocenters. The van der Waals surface area contributed by atoms with Gasteiger partial charge in [0.25, 0.3) is 0 Å². The van der Waals surface area contributed by atoms with Gasteiger partial charge in [-0.05, 0) is 12.1 Å². The molecule has 3 heterocycles. The highest BCUT2D eigenvalue weighted by Gasteiger charge is 2.33. The highest BCUT2D eigenvalue weighted by molar-refractivity contribution is 5.81. The smallest absolute Gasteiger partial charge is 0.328 e. The summed E-state index contributed by atoms with van der Waals surface area (Å²) in [6, 6.07) is 8.70. The molecule has 1 aromatic carbocycles. The van der Waals surface area contributed by atoms with Crippen LogP contribution >= 0.6 is 0 Å². The first-order chi connectivity index (χ1) is 12.6. The van der Waals surface area contributed by atoms with Crippen LogP contribution in [0.4, 0.5) is 0 Å². The second-order valence-electron chi connectivity index (χ2n) is 6.69. The van der Waals surface area contributed by atoms with Gasteiger partial charge in [0.05, 0.1) is 6.54 Å². The summed E-state index contributed by atoms with van der Waals surface area (Å²) in [4.78, 5) is 20.6. The van der Waals surface area contributed by atoms with E-state index in [2.05, 4.69) is 9.88 Å². The number of aliphatic carboxylic acids is 1. The van der Waals surface area contributed by atoms with Gasteiger partial charge in [-0.15, -0.1) is 0 Å². The highest BCUT2D eigenvalue weighted by Crippen LogP contribution is 2.28. The van der Waals surface area contributed by atoms with E-state index in [0.29, 0.717) is 18.8 Å². The zero-order valence-electron chi connectivity index (χ0n) is 14.7. The SMILES string of the molecule is Cn1ccnc1CN1CCN([C@@H](C(=O)O)c2cc3ccccc3o2)CC1. The van der Waals surface area contributed by atoms with Gasteiger partial charge < -0.3 is 14.1 Å². The van der Waals surface area contributed by atoms with E-state index in [1.54, 1.807) is 6.20 Å². The van der Waals surface area contributed by atoms with E-state index in [1.165, 1.54) is 0 Å². The van der Waals surface area contributed by atoms with Crippen LogP contribution in [-0.2, 0) is 18.4 Å². The first kappa shape index (κ1) is 16.8. The molecule has 4 rings (SSSR count). The summed E-state index contributed by atoms with van der Waals surface area (Å²) in [5.74, 6) is 0.642. The number of furan rings is 1. The van der Waals surface area contributed by atoms with Crippen LogP contribution in [-0.4, -0.2) is 56.6 Å². The summed E-state index contributed by atoms with van der Waals surface area (Å²) in [6.45, 7) is 3.74. The van der Waals surface area contributed by atoms with Gasteiger partial charge >= 0.3 is 5.97 Å². The van der Waals surface area contributed by atoms with E-state index in [1.807, 2.05) is 53.0 Å². The number of carboxylic acid groups (broad SMARTS) is 1. The highest BCUT2D eigenvalue weighted by atomic mass is 16.4. The number of aromatic nitrogens is 2. The van der Waals surface area contributed by atoms with E-state index >= 15 is 0 Å². The second kappa shape index (κ2) is 6.93. The molecule has 136 valence electrons. The van der Waals surface area contributed by atoms with Crippen molar-refractivity contribution in [1.29, 1.82) is 0 Å². The van der Waals surface area contributed by atoms with E-state index < -0.39 is 12.0 Å². The molecule has 1 fully saturated rings. The predicted molar refractivity (Wildman–Crippen MR) is 96.6 cm³/mol. The summed E-state index contributed by atoms with van der Waals surface area (Å²) < 4.78 is 7.84. The van der Waals surface area contributed by atoms with Gasteiger partial charge in [0.15, 0.2) is 6.04 Å². The van der Waals surface area contributed by atoms with Crippen LogP contribution in [0.5, 0.6) is 0 Å². The minimum Gasteiger partial charge on any atom is -0.480 e. The summed E-state index contributed by atoms with van der Waals surface area (Å²) in [6.07, 6.45) is 3.74. The third-order valence-electron chi connectivity index (χ3n) is 5.01. The van der Waals surface area contributed by atoms with E-state index in [9.17, 15) is 9.90 Å². The van der Waals surface area contributed by atoms with Gasteiger partial charge in [0, 0.05) is 51.0 Å². The van der Waals surface area contributed by atoms with Crippen molar-refractivity contribution in [3.63, 3.8) is 0 Å². The summed E-state index contributed by atoms with van der Waals surface area (Å²) in [7, 11) is 1.99. The Bertz CT molecular complexity index is 875. The predicted octanol–water partition coefficient (Wildman–Crippen LogP) is 2.11. The lowest BCUT2D eigenvalue weighted by molar-refractivity contribution is -0.145. The van der Waals surface area contributed by atoms with Crippen LogP contribution in [0.2, 0.25) is 0 Å². The maximum atomic E-state index is 11.9. The van der Waals surface area contributed by atoms with Crippen molar-refractivity contribution >= 4 is 16.9 Å². The summed E-state index contributed by atoms with van der Waals surface area (Å²) in [5.41, 5.74) is 0.724. The van der Waals surface area contributed by atoms with Gasteiger partial charge in [-0.1, -0.05) is 18.2 Å². The lowest BCUT2D eigenvalue weighted by Gasteiger charge is -2.36. The van der Waals surface area contributed by atoms with Crippen molar-refractivity contribution in [3.8, 4) is 0 Å². The van der Waals surface area contributed by atoms with Gasteiger partial charge in [-0.3, -0.25) is 14.6 Å². The third kappa shape index (κ3) is 3.23. The van der Waals surface area contributed by atoms with Crippen LogP contribution in [0.25, 0.3) is 11.0 Å². The second-order valence-corrected chi connectivity index (χ2v) is 6.69. The number of piperazine rings is 1. The molecule has 2 aromatic heterocycles. The molecule has 7 nitrogen and oxygen atoms in total. The molecule has 1 aliphatic heterocycles. The van der Waals surface area contributed by atoms with Crippen molar-refractivity contribution < 1.29 is 14.3 Å². The van der Waals surface area contributed by atoms with Crippen LogP contribution in [0, 0.1) is 0 Å². The monoisotopic (exact) mass is 354 g/mol. The molecule has 1 aliphatic rings. The van der Waals surface area contributed by atoms with E-state index in [4.69, 9.17) is 4.42 Å². The Kier molecular flexibility index (Phi) is 4.48. The zero-order valence-corrected chi connectivity index (χ0v) is 14.7. The molecule has 0 saturated carbocycles. The normalized spacial score (nSPS) is 17.6. The molecule has 26 heavy (non-hydrogen) atoms. The molecule has 7 heteroatoms. The lowest BCUT2D eigenvalue weighted by atomic mass is 10.1. The largest absolute Gasteiger partial charge is 0.480 e. The van der Waals surface area contributed by atoms with E-state index in [-0.39, 0.29) is 0 Å². The molecular weight excluding hydrogens is 332 g/mol. The molecule has 0 amide bonds. The number of carboxylic acids is 1. The quantitative estimate of drug-likeness (QED) is 0.756. The van der Waals surface area contributed by atoms with Gasteiger partial charge in [-0.25, -0.2) is 4.98 Å². The Balaban J connectivity index is 1.47. The van der Waals surface area contributed by atoms with Crippen molar-refractivity contribution in [2.75, 3.05) is 26.2 Å². The fourth-order valence-corrected chi connectivity index (χ4v) is 3.52. The van der Waals surface area contributed by atoms with Gasteiger partial charge in [-0.2, -0.15) is 0 Å². The number of hydrogen-bond donors (Lipinski definition) is 1. The fraction of sp³-hybridized carbons (Fsp3) is 0.368. The Hall–Kier alpha value is -2.64. The van der Waals surface area contributed by atoms with Gasteiger partial charge in [0.1, 0.15) is 17.2 Å². The molecule has 1 N–H and O–H groups in total. The number of carbonyl (C=O) groups is 1. The Labute approximate surface area is 151 Å². The number of nitrogens with zero attached hydrogens (tertiary/aromatic N) is 4. The average Bonchev–Trinajstić information content (AvgIpc) is 3.22. The Morgan fingerprint density at radius 3 is 2.69 bits per heavy atom. The van der Waals surface area contributed by atoms with E-state index in [0.717, 1.165) is 36.4 Å². The molecule has 1 saturated heterocycles. The number of benzene rings is 1. The average molecular weight is 354 g/mol. The van der Waals surface area contributed by atoms with Crippen molar-refractivity contribution in [2.45, 2.75) is 12.6 Å². The summed E-state index contributed by atoms with van der Waals surface area (Å²) in [5, 5.41) is 10.7.